The fourth-order valence-corrected chi connectivity index (χ4v) is 47.1. The van der Waals surface area contributed by atoms with Crippen molar-refractivity contribution in [1.29, 1.82) is 0 Å². The van der Waals surface area contributed by atoms with Crippen LogP contribution in [0.25, 0.3) is 34.4 Å². The van der Waals surface area contributed by atoms with Crippen LogP contribution in [0.5, 0.6) is 0 Å². The molecule has 1 saturated heterocycles. The molecule has 4 unspecified atom stereocenters. The van der Waals surface area contributed by atoms with Crippen molar-refractivity contribution in [2.24, 2.45) is 11.8 Å². The van der Waals surface area contributed by atoms with Crippen LogP contribution in [0.4, 0.5) is 0 Å². The van der Waals surface area contributed by atoms with Gasteiger partial charge in [-0.05, 0) is 0 Å². The summed E-state index contributed by atoms with van der Waals surface area (Å²) in [4.78, 5) is 0. The normalized spacial score (nSPS) is 23.2. The third kappa shape index (κ3) is 6.24. The summed E-state index contributed by atoms with van der Waals surface area (Å²) >= 11 is -3.28. The molecule has 4 aromatic rings. The SMILES string of the molecule is CC(C)C1=Cc2c(-c3ccc(C(C)C)cc3)cccc2[CH]1[Hf+2]1([CH]2C(C(C)C)=Cc3c(-c4ccc(C(C)C)cc4)cccc32)[CH]2CCCC[CH]21.[Cl-].[Cl-]. The predicted molar refractivity (Wildman–Crippen MR) is 209 cm³/mol. The molecule has 1 saturated carbocycles. The average Bonchev–Trinajstić information content (AvgIpc) is 3.37. The Kier molecular flexibility index (Phi) is 11.3. The molecule has 2 fully saturated rings. The molecule has 8 rings (SSSR count). The molecule has 266 valence electrons. The topological polar surface area (TPSA) is 0 Å². The van der Waals surface area contributed by atoms with Gasteiger partial charge in [-0.15, -0.1) is 0 Å². The van der Waals surface area contributed by atoms with Gasteiger partial charge in [0.25, 0.3) is 0 Å². The number of hydrogen-bond donors (Lipinski definition) is 0. The van der Waals surface area contributed by atoms with E-state index in [0.29, 0.717) is 31.0 Å². The van der Waals surface area contributed by atoms with Gasteiger partial charge in [0.1, 0.15) is 0 Å². The Bertz CT molecular complexity index is 1800. The maximum absolute atomic E-state index is 3.28. The first-order valence-electron chi connectivity index (χ1n) is 19.5. The smallest absolute Gasteiger partial charge is 1.00 e. The van der Waals surface area contributed by atoms with E-state index in [9.17, 15) is 0 Å². The third-order valence-corrected chi connectivity index (χ3v) is 37.9. The van der Waals surface area contributed by atoms with E-state index in [1.807, 2.05) is 0 Å². The van der Waals surface area contributed by atoms with Gasteiger partial charge < -0.3 is 24.8 Å². The monoisotopic (exact) mass is 882 g/mol. The fourth-order valence-electron chi connectivity index (χ4n) is 10.8. The standard InChI is InChI=1S/2C21H23.C6H10.2ClH.Hf/c2*1-14(2)16-8-10-17(11-9-16)20-7-5-6-18-12-19(15(3)4)13-21(18)20;1-2-4-6-5-3-1;;;/h2*5-15H,1-4H3;1-2H,3-6H2;2*1H;/q;;;;;+2/p-2. The first-order chi connectivity index (χ1) is 23.6. The Morgan fingerprint density at radius 2 is 0.843 bits per heavy atom. The van der Waals surface area contributed by atoms with Crippen LogP contribution in [-0.2, 0) is 20.0 Å². The fraction of sp³-hybridized carbons (Fsp3) is 0.417. The zero-order valence-electron chi connectivity index (χ0n) is 31.9. The van der Waals surface area contributed by atoms with E-state index in [4.69, 9.17) is 0 Å². The molecule has 0 amide bonds. The second-order valence-electron chi connectivity index (χ2n) is 17.1. The van der Waals surface area contributed by atoms with Crippen LogP contribution in [0.1, 0.15) is 134 Å². The summed E-state index contributed by atoms with van der Waals surface area (Å²) in [5.41, 5.74) is 18.5. The van der Waals surface area contributed by atoms with Gasteiger partial charge in [-0.25, -0.2) is 0 Å². The molecule has 4 atom stereocenters. The largest absolute Gasteiger partial charge is 1.00 e. The van der Waals surface area contributed by atoms with Gasteiger partial charge in [-0.3, -0.25) is 0 Å². The van der Waals surface area contributed by atoms with Crippen LogP contribution in [-0.4, -0.2) is 0 Å². The maximum Gasteiger partial charge on any atom is -1.00 e. The summed E-state index contributed by atoms with van der Waals surface area (Å²) < 4.78 is 3.36. The molecule has 1 aliphatic heterocycles. The minimum Gasteiger partial charge on any atom is -1.00 e. The van der Waals surface area contributed by atoms with Crippen LogP contribution in [0.15, 0.2) is 96.1 Å². The zero-order chi connectivity index (χ0) is 34.2. The van der Waals surface area contributed by atoms with E-state index >= 15 is 0 Å². The number of benzene rings is 4. The molecule has 0 bridgehead atoms. The quantitative estimate of drug-likeness (QED) is 0.156. The van der Waals surface area contributed by atoms with Gasteiger partial charge in [-0.2, -0.15) is 0 Å². The molecule has 51 heavy (non-hydrogen) atoms. The van der Waals surface area contributed by atoms with E-state index in [2.05, 4.69) is 152 Å². The molecule has 0 spiro atoms. The Labute approximate surface area is 325 Å². The van der Waals surface area contributed by atoms with Crippen molar-refractivity contribution in [1.82, 2.24) is 0 Å². The minimum atomic E-state index is -3.28. The molecule has 0 nitrogen and oxygen atoms in total. The molecule has 4 aliphatic rings. The Hall–Kier alpha value is -2.19. The van der Waals surface area contributed by atoms with Gasteiger partial charge in [0.15, 0.2) is 0 Å². The molecular weight excluding hydrogens is 826 g/mol. The van der Waals surface area contributed by atoms with Gasteiger partial charge >= 0.3 is 303 Å². The van der Waals surface area contributed by atoms with Crippen molar-refractivity contribution >= 4 is 12.2 Å². The van der Waals surface area contributed by atoms with Crippen LogP contribution in [0, 0.1) is 11.8 Å². The Morgan fingerprint density at radius 1 is 0.471 bits per heavy atom. The van der Waals surface area contributed by atoms with E-state index in [1.54, 1.807) is 33.4 Å². The summed E-state index contributed by atoms with van der Waals surface area (Å²) in [6.07, 6.45) is 11.3. The second kappa shape index (κ2) is 14.9. The molecule has 0 radical (unpaired) electrons. The number of fused-ring (bicyclic) bond motifs is 3. The Balaban J connectivity index is 0.00000224. The Morgan fingerprint density at radius 3 is 1.18 bits per heavy atom. The van der Waals surface area contributed by atoms with Gasteiger partial charge in [-0.1, -0.05) is 0 Å². The van der Waals surface area contributed by atoms with Crippen molar-refractivity contribution in [3.63, 3.8) is 0 Å². The van der Waals surface area contributed by atoms with Crippen molar-refractivity contribution in [2.45, 2.75) is 108 Å². The van der Waals surface area contributed by atoms with Crippen LogP contribution >= 0.6 is 0 Å². The second-order valence-corrected chi connectivity index (χ2v) is 33.8. The van der Waals surface area contributed by atoms with Crippen LogP contribution in [0.3, 0.4) is 0 Å². The first kappa shape index (κ1) is 38.5. The third-order valence-electron chi connectivity index (χ3n) is 13.2. The molecule has 3 heteroatoms. The van der Waals surface area contributed by atoms with Crippen LogP contribution < -0.4 is 24.8 Å². The van der Waals surface area contributed by atoms with Crippen molar-refractivity contribution in [3.05, 3.63) is 129 Å². The first-order valence-corrected chi connectivity index (χ1v) is 27.8. The summed E-state index contributed by atoms with van der Waals surface area (Å²) in [7, 11) is 0. The molecular formula is C48H56Cl2Hf. The number of allylic oxidation sites excluding steroid dienone is 2. The number of hydrogen-bond acceptors (Lipinski definition) is 0. The van der Waals surface area contributed by atoms with Gasteiger partial charge in [0.05, 0.1) is 0 Å². The molecule has 0 aromatic heterocycles. The van der Waals surface area contributed by atoms with E-state index in [-0.39, 0.29) is 24.8 Å². The molecule has 3 aliphatic carbocycles. The predicted octanol–water partition coefficient (Wildman–Crippen LogP) is 8.48. The van der Waals surface area contributed by atoms with Gasteiger partial charge in [0.2, 0.25) is 0 Å². The summed E-state index contributed by atoms with van der Waals surface area (Å²) in [6.45, 7) is 19.2. The van der Waals surface area contributed by atoms with Crippen molar-refractivity contribution in [3.8, 4) is 22.3 Å². The molecule has 0 N–H and O–H groups in total. The summed E-state index contributed by atoms with van der Waals surface area (Å²) in [6, 6.07) is 33.8. The zero-order valence-corrected chi connectivity index (χ0v) is 37.0. The molecule has 1 heterocycles. The molecule has 4 aromatic carbocycles. The van der Waals surface area contributed by atoms with E-state index in [1.165, 1.54) is 59.1 Å². The van der Waals surface area contributed by atoms with Crippen LogP contribution in [0.2, 0.25) is 7.35 Å². The summed E-state index contributed by atoms with van der Waals surface area (Å²) in [5.74, 6) is 2.23. The van der Waals surface area contributed by atoms with E-state index in [0.717, 1.165) is 7.35 Å². The summed E-state index contributed by atoms with van der Waals surface area (Å²) in [5, 5.41) is 0. The van der Waals surface area contributed by atoms with Crippen molar-refractivity contribution in [2.75, 3.05) is 0 Å². The van der Waals surface area contributed by atoms with Gasteiger partial charge in [0, 0.05) is 0 Å². The van der Waals surface area contributed by atoms with Crippen molar-refractivity contribution < 1.29 is 44.8 Å². The number of halogens is 2. The average molecular weight is 882 g/mol. The number of rotatable bonds is 8. The minimum absolute atomic E-state index is 0. The maximum atomic E-state index is 2.71. The van der Waals surface area contributed by atoms with E-state index < -0.39 is 20.0 Å².